The fraction of sp³-hybridized carbons (Fsp3) is 0.700. The fourth-order valence-electron chi connectivity index (χ4n) is 1.48. The number of aryl methyl sites for hydroxylation is 2. The van der Waals surface area contributed by atoms with Gasteiger partial charge in [-0.25, -0.2) is 0 Å². The van der Waals surface area contributed by atoms with Crippen LogP contribution in [0.5, 0.6) is 0 Å². The minimum absolute atomic E-state index is 0.325. The number of aromatic nitrogens is 2. The van der Waals surface area contributed by atoms with E-state index >= 15 is 0 Å². The molecule has 1 atom stereocenters. The van der Waals surface area contributed by atoms with Gasteiger partial charge in [0.2, 0.25) is 0 Å². The van der Waals surface area contributed by atoms with Crippen molar-refractivity contribution in [2.45, 2.75) is 19.6 Å². The van der Waals surface area contributed by atoms with Crippen molar-refractivity contribution in [2.75, 3.05) is 20.3 Å². The Morgan fingerprint density at radius 1 is 1.62 bits per heavy atom. The van der Waals surface area contributed by atoms with E-state index in [1.165, 1.54) is 0 Å². The fourth-order valence-corrected chi connectivity index (χ4v) is 1.71. The van der Waals surface area contributed by atoms with Crippen molar-refractivity contribution in [3.8, 4) is 0 Å². The Hall–Kier alpha value is -0.620. The number of hydrogen-bond acceptors (Lipinski definition) is 4. The third-order valence-electron chi connectivity index (χ3n) is 2.29. The molecule has 92 valence electrons. The highest BCUT2D eigenvalue weighted by Crippen LogP contribution is 2.18. The first kappa shape index (κ1) is 13.4. The molecule has 0 bridgehead atoms. The molecule has 0 spiro atoms. The smallest absolute Gasteiger partial charge is 0.0897 e. The Bertz CT molecular complexity index is 341. The molecule has 0 fully saturated rings. The Kier molecular flexibility index (Phi) is 5.21. The number of hydrogen-bond donors (Lipinski definition) is 2. The number of nitrogens with one attached hydrogen (secondary N) is 1. The summed E-state index contributed by atoms with van der Waals surface area (Å²) in [4.78, 5) is 0. The van der Waals surface area contributed by atoms with Crippen molar-refractivity contribution in [3.63, 3.8) is 0 Å². The van der Waals surface area contributed by atoms with Crippen LogP contribution in [0, 0.1) is 6.92 Å². The minimum Gasteiger partial charge on any atom is -0.389 e. The summed E-state index contributed by atoms with van der Waals surface area (Å²) in [5, 5.41) is 17.4. The highest BCUT2D eigenvalue weighted by atomic mass is 35.5. The number of ether oxygens (including phenoxy) is 1. The molecule has 1 heterocycles. The topological polar surface area (TPSA) is 59.3 Å². The van der Waals surface area contributed by atoms with E-state index in [4.69, 9.17) is 16.3 Å². The summed E-state index contributed by atoms with van der Waals surface area (Å²) in [5.41, 5.74) is 1.74. The lowest BCUT2D eigenvalue weighted by molar-refractivity contribution is 0.0643. The molecule has 0 amide bonds. The first-order chi connectivity index (χ1) is 7.56. The van der Waals surface area contributed by atoms with Crippen LogP contribution < -0.4 is 5.32 Å². The summed E-state index contributed by atoms with van der Waals surface area (Å²) in [6.07, 6.45) is -0.502. The number of nitrogens with zero attached hydrogens (tertiary/aromatic N) is 2. The second-order valence-corrected chi connectivity index (χ2v) is 4.09. The van der Waals surface area contributed by atoms with E-state index in [0.29, 0.717) is 24.7 Å². The predicted octanol–water partition coefficient (Wildman–Crippen LogP) is 0.479. The van der Waals surface area contributed by atoms with Gasteiger partial charge in [0.05, 0.1) is 29.1 Å². The van der Waals surface area contributed by atoms with Crippen molar-refractivity contribution in [3.05, 3.63) is 16.4 Å². The largest absolute Gasteiger partial charge is 0.389 e. The first-order valence-electron chi connectivity index (χ1n) is 5.12. The van der Waals surface area contributed by atoms with Crippen LogP contribution in [0.25, 0.3) is 0 Å². The zero-order valence-electron chi connectivity index (χ0n) is 9.83. The van der Waals surface area contributed by atoms with E-state index in [1.807, 2.05) is 14.0 Å². The van der Waals surface area contributed by atoms with Crippen LogP contribution in [0.3, 0.4) is 0 Å². The second-order valence-electron chi connectivity index (χ2n) is 3.71. The van der Waals surface area contributed by atoms with E-state index in [-0.39, 0.29) is 0 Å². The van der Waals surface area contributed by atoms with Crippen LogP contribution in [-0.2, 0) is 18.3 Å². The standard InChI is InChI=1S/C10H18ClN3O2/c1-7-10(11)9(14(2)13-7)5-12-4-8(15)6-16-3/h8,12,15H,4-6H2,1-3H3. The Balaban J connectivity index is 2.43. The van der Waals surface area contributed by atoms with Crippen molar-refractivity contribution in [1.82, 2.24) is 15.1 Å². The lowest BCUT2D eigenvalue weighted by Gasteiger charge is -2.10. The lowest BCUT2D eigenvalue weighted by atomic mass is 10.3. The van der Waals surface area contributed by atoms with Crippen molar-refractivity contribution >= 4 is 11.6 Å². The summed E-state index contributed by atoms with van der Waals surface area (Å²) in [6, 6.07) is 0. The summed E-state index contributed by atoms with van der Waals surface area (Å²) < 4.78 is 6.57. The molecule has 1 unspecified atom stereocenters. The average molecular weight is 248 g/mol. The van der Waals surface area contributed by atoms with Crippen molar-refractivity contribution in [2.24, 2.45) is 7.05 Å². The van der Waals surface area contributed by atoms with Crippen LogP contribution >= 0.6 is 11.6 Å². The number of halogens is 1. The maximum absolute atomic E-state index is 9.43. The molecule has 5 nitrogen and oxygen atoms in total. The number of aliphatic hydroxyl groups is 1. The molecular formula is C10H18ClN3O2. The molecule has 6 heteroatoms. The van der Waals surface area contributed by atoms with Gasteiger partial charge in [-0.1, -0.05) is 11.6 Å². The van der Waals surface area contributed by atoms with Gasteiger partial charge in [-0.05, 0) is 6.92 Å². The lowest BCUT2D eigenvalue weighted by Crippen LogP contribution is -2.30. The first-order valence-corrected chi connectivity index (χ1v) is 5.49. The summed E-state index contributed by atoms with van der Waals surface area (Å²) >= 11 is 6.08. The van der Waals surface area contributed by atoms with Crippen molar-refractivity contribution < 1.29 is 9.84 Å². The Morgan fingerprint density at radius 3 is 2.81 bits per heavy atom. The van der Waals surface area contributed by atoms with Crippen LogP contribution in [0.4, 0.5) is 0 Å². The zero-order chi connectivity index (χ0) is 12.1. The third-order valence-corrected chi connectivity index (χ3v) is 2.78. The molecule has 2 N–H and O–H groups in total. The molecule has 1 rings (SSSR count). The third kappa shape index (κ3) is 3.45. The van der Waals surface area contributed by atoms with Gasteiger partial charge in [-0.2, -0.15) is 5.10 Å². The molecule has 16 heavy (non-hydrogen) atoms. The SMILES string of the molecule is COCC(O)CNCc1c(Cl)c(C)nn1C. The average Bonchev–Trinajstić information content (AvgIpc) is 2.45. The number of methoxy groups -OCH3 is 1. The van der Waals surface area contributed by atoms with Gasteiger partial charge in [0.25, 0.3) is 0 Å². The van der Waals surface area contributed by atoms with Crippen LogP contribution in [0.1, 0.15) is 11.4 Å². The quantitative estimate of drug-likeness (QED) is 0.768. The highest BCUT2D eigenvalue weighted by molar-refractivity contribution is 6.31. The van der Waals surface area contributed by atoms with Gasteiger partial charge < -0.3 is 15.2 Å². The molecule has 0 aliphatic rings. The summed E-state index contributed by atoms with van der Waals surface area (Å²) in [6.45, 7) is 3.24. The summed E-state index contributed by atoms with van der Waals surface area (Å²) in [7, 11) is 3.41. The molecule has 0 saturated carbocycles. The van der Waals surface area contributed by atoms with E-state index in [1.54, 1.807) is 11.8 Å². The summed E-state index contributed by atoms with van der Waals surface area (Å²) in [5.74, 6) is 0. The van der Waals surface area contributed by atoms with Gasteiger partial charge in [0, 0.05) is 27.2 Å². The van der Waals surface area contributed by atoms with Crippen LogP contribution in [0.2, 0.25) is 5.02 Å². The molecule has 1 aromatic rings. The Morgan fingerprint density at radius 2 is 2.31 bits per heavy atom. The monoisotopic (exact) mass is 247 g/mol. The van der Waals surface area contributed by atoms with E-state index in [9.17, 15) is 5.11 Å². The van der Waals surface area contributed by atoms with Gasteiger partial charge in [-0.3, -0.25) is 4.68 Å². The second kappa shape index (κ2) is 6.20. The van der Waals surface area contributed by atoms with Crippen LogP contribution in [-0.4, -0.2) is 41.3 Å². The Labute approximate surface area is 100 Å². The van der Waals surface area contributed by atoms with Gasteiger partial charge in [-0.15, -0.1) is 0 Å². The van der Waals surface area contributed by atoms with Gasteiger partial charge in [0.15, 0.2) is 0 Å². The molecule has 0 aliphatic heterocycles. The highest BCUT2D eigenvalue weighted by Gasteiger charge is 2.11. The number of rotatable bonds is 6. The maximum Gasteiger partial charge on any atom is 0.0897 e. The van der Waals surface area contributed by atoms with E-state index in [2.05, 4.69) is 10.4 Å². The molecule has 0 aromatic carbocycles. The van der Waals surface area contributed by atoms with Crippen LogP contribution in [0.15, 0.2) is 0 Å². The number of aliphatic hydroxyl groups excluding tert-OH is 1. The molecule has 0 saturated heterocycles. The molecule has 0 aliphatic carbocycles. The van der Waals surface area contributed by atoms with Gasteiger partial charge in [0.1, 0.15) is 0 Å². The maximum atomic E-state index is 9.43. The minimum atomic E-state index is -0.502. The van der Waals surface area contributed by atoms with Gasteiger partial charge >= 0.3 is 0 Å². The molecular weight excluding hydrogens is 230 g/mol. The van der Waals surface area contributed by atoms with Crippen molar-refractivity contribution in [1.29, 1.82) is 0 Å². The zero-order valence-corrected chi connectivity index (χ0v) is 10.6. The molecule has 1 aromatic heterocycles. The predicted molar refractivity (Wildman–Crippen MR) is 62.5 cm³/mol. The van der Waals surface area contributed by atoms with E-state index < -0.39 is 6.10 Å². The van der Waals surface area contributed by atoms with E-state index in [0.717, 1.165) is 11.4 Å². The molecule has 0 radical (unpaired) electrons. The normalized spacial score (nSPS) is 13.1.